The zero-order valence-corrected chi connectivity index (χ0v) is 19.7. The second-order valence-electron chi connectivity index (χ2n) is 7.04. The monoisotopic (exact) mass is 609 g/mol. The molecule has 6 aromatic rings. The Morgan fingerprint density at radius 2 is 1.45 bits per heavy atom. The van der Waals surface area contributed by atoms with E-state index in [0.29, 0.717) is 11.2 Å². The van der Waals surface area contributed by atoms with Crippen LogP contribution in [0, 0.1) is 17.9 Å². The Balaban J connectivity index is 0.000000172. The van der Waals surface area contributed by atoms with E-state index in [0.717, 1.165) is 33.3 Å². The van der Waals surface area contributed by atoms with Crippen molar-refractivity contribution < 1.29 is 28.9 Å². The molecule has 3 aromatic heterocycles. The first-order valence-electron chi connectivity index (χ1n) is 10.1. The molecule has 3 nitrogen and oxygen atoms in total. The van der Waals surface area contributed by atoms with Crippen molar-refractivity contribution in [3.63, 3.8) is 0 Å². The molecule has 0 aliphatic rings. The van der Waals surface area contributed by atoms with Gasteiger partial charge in [-0.25, -0.2) is 4.39 Å². The first kappa shape index (κ1) is 22.5. The topological polar surface area (TPSA) is 38.9 Å². The van der Waals surface area contributed by atoms with Gasteiger partial charge in [-0.1, -0.05) is 35.2 Å². The van der Waals surface area contributed by atoms with E-state index in [1.807, 2.05) is 72.8 Å². The predicted molar refractivity (Wildman–Crippen MR) is 124 cm³/mol. The van der Waals surface area contributed by atoms with Crippen molar-refractivity contribution in [2.24, 2.45) is 0 Å². The van der Waals surface area contributed by atoms with Crippen LogP contribution in [-0.2, 0) is 20.1 Å². The third kappa shape index (κ3) is 4.90. The Labute approximate surface area is 204 Å². The molecule has 5 heteroatoms. The minimum absolute atomic E-state index is 0. The zero-order valence-electron chi connectivity index (χ0n) is 17.3. The van der Waals surface area contributed by atoms with Gasteiger partial charge in [0, 0.05) is 44.0 Å². The standard InChI is InChI=1S/C17H9FNO.C11H8N.Ir/c18-11-7-8-12-13-4-3-5-14(15-6-1-2-9-19-15)17(13)20-16(12)10-11;1-2-6-10(7-3-1)11-8-4-5-9-12-11;/h1-4,6-10H;1-6,8-9H;/q2*-1;. The van der Waals surface area contributed by atoms with Crippen LogP contribution >= 0.6 is 0 Å². The summed E-state index contributed by atoms with van der Waals surface area (Å²) in [4.78, 5) is 8.54. The summed E-state index contributed by atoms with van der Waals surface area (Å²) >= 11 is 0. The fourth-order valence-electron chi connectivity index (χ4n) is 3.49. The van der Waals surface area contributed by atoms with Crippen LogP contribution in [0.1, 0.15) is 0 Å². The van der Waals surface area contributed by atoms with Gasteiger partial charge in [-0.2, -0.15) is 0 Å². The predicted octanol–water partition coefficient (Wildman–Crippen LogP) is 7.13. The van der Waals surface area contributed by atoms with E-state index >= 15 is 0 Å². The van der Waals surface area contributed by atoms with E-state index < -0.39 is 0 Å². The quantitative estimate of drug-likeness (QED) is 0.196. The minimum atomic E-state index is -0.306. The Morgan fingerprint density at radius 1 is 0.697 bits per heavy atom. The van der Waals surface area contributed by atoms with Gasteiger partial charge in [0.1, 0.15) is 11.4 Å². The SMILES string of the molecule is Fc1ccc2c(c1)oc1c(-c3ccccn3)[c-]ccc12.[Ir].[c-]1ccccc1-c1ccccn1. The number of halogens is 1. The summed E-state index contributed by atoms with van der Waals surface area (Å²) in [5.41, 5.74) is 4.82. The largest absolute Gasteiger partial charge is 0.500 e. The third-order valence-corrected chi connectivity index (χ3v) is 4.97. The van der Waals surface area contributed by atoms with E-state index in [-0.39, 0.29) is 25.9 Å². The van der Waals surface area contributed by atoms with Gasteiger partial charge in [-0.3, -0.25) is 0 Å². The summed E-state index contributed by atoms with van der Waals surface area (Å²) in [6.07, 6.45) is 3.51. The van der Waals surface area contributed by atoms with Gasteiger partial charge in [-0.05, 0) is 35.7 Å². The van der Waals surface area contributed by atoms with Crippen LogP contribution in [-0.4, -0.2) is 9.97 Å². The molecule has 0 saturated heterocycles. The molecule has 3 heterocycles. The first-order valence-corrected chi connectivity index (χ1v) is 10.1. The van der Waals surface area contributed by atoms with Crippen LogP contribution in [0.3, 0.4) is 0 Å². The van der Waals surface area contributed by atoms with Crippen molar-refractivity contribution >= 4 is 21.9 Å². The van der Waals surface area contributed by atoms with Gasteiger partial charge in [-0.15, -0.1) is 54.1 Å². The van der Waals surface area contributed by atoms with Crippen molar-refractivity contribution in [2.75, 3.05) is 0 Å². The van der Waals surface area contributed by atoms with E-state index in [9.17, 15) is 4.39 Å². The van der Waals surface area contributed by atoms with Crippen LogP contribution < -0.4 is 0 Å². The fraction of sp³-hybridized carbons (Fsp3) is 0. The number of furan rings is 1. The van der Waals surface area contributed by atoms with Gasteiger partial charge < -0.3 is 14.4 Å². The molecule has 6 rings (SSSR count). The maximum Gasteiger partial charge on any atom is 0.126 e. The molecule has 0 bridgehead atoms. The average Bonchev–Trinajstić information content (AvgIpc) is 3.24. The van der Waals surface area contributed by atoms with E-state index in [1.54, 1.807) is 18.5 Å². The number of pyridine rings is 2. The number of hydrogen-bond acceptors (Lipinski definition) is 3. The van der Waals surface area contributed by atoms with E-state index in [1.165, 1.54) is 12.1 Å². The maximum absolute atomic E-state index is 13.3. The normalized spacial score (nSPS) is 10.3. The molecule has 0 spiro atoms. The second kappa shape index (κ2) is 10.3. The molecule has 1 radical (unpaired) electrons. The zero-order chi connectivity index (χ0) is 21.8. The number of benzene rings is 3. The first-order chi connectivity index (χ1) is 15.8. The smallest absolute Gasteiger partial charge is 0.126 e. The molecule has 0 amide bonds. The summed E-state index contributed by atoms with van der Waals surface area (Å²) in [7, 11) is 0. The van der Waals surface area contributed by atoms with Crippen molar-refractivity contribution in [2.45, 2.75) is 0 Å². The van der Waals surface area contributed by atoms with Crippen LogP contribution in [0.4, 0.5) is 4.39 Å². The third-order valence-electron chi connectivity index (χ3n) is 4.97. The molecule has 3 aromatic carbocycles. The summed E-state index contributed by atoms with van der Waals surface area (Å²) in [6, 6.07) is 34.0. The van der Waals surface area contributed by atoms with E-state index in [2.05, 4.69) is 22.1 Å². The molecule has 0 fully saturated rings. The van der Waals surface area contributed by atoms with Crippen molar-refractivity contribution in [3.8, 4) is 22.5 Å². The molecule has 0 aliphatic carbocycles. The number of nitrogens with zero attached hydrogens (tertiary/aromatic N) is 2. The summed E-state index contributed by atoms with van der Waals surface area (Å²) in [5, 5.41) is 1.84. The van der Waals surface area contributed by atoms with Crippen LogP contribution in [0.5, 0.6) is 0 Å². The molecule has 0 atom stereocenters. The molecule has 0 unspecified atom stereocenters. The average molecular weight is 609 g/mol. The van der Waals surface area contributed by atoms with Crippen LogP contribution in [0.15, 0.2) is 108 Å². The molecule has 0 aliphatic heterocycles. The Hall–Kier alpha value is -3.66. The minimum Gasteiger partial charge on any atom is -0.500 e. The molecule has 0 N–H and O–H groups in total. The molecule has 33 heavy (non-hydrogen) atoms. The molecular weight excluding hydrogens is 592 g/mol. The van der Waals surface area contributed by atoms with Crippen molar-refractivity contribution in [1.29, 1.82) is 0 Å². The Morgan fingerprint density at radius 3 is 2.15 bits per heavy atom. The van der Waals surface area contributed by atoms with Gasteiger partial charge in [0.05, 0.1) is 5.58 Å². The van der Waals surface area contributed by atoms with Gasteiger partial charge in [0.25, 0.3) is 0 Å². The summed E-state index contributed by atoms with van der Waals surface area (Å²) < 4.78 is 19.1. The maximum atomic E-state index is 13.3. The Kier molecular flexibility index (Phi) is 7.04. The molecular formula is C28H17FIrN2O-2. The molecule has 163 valence electrons. The van der Waals surface area contributed by atoms with Crippen LogP contribution in [0.25, 0.3) is 44.5 Å². The number of hydrogen-bond donors (Lipinski definition) is 0. The summed E-state index contributed by atoms with van der Waals surface area (Å²) in [6.45, 7) is 0. The Bertz CT molecular complexity index is 1430. The van der Waals surface area contributed by atoms with Gasteiger partial charge in [0.2, 0.25) is 0 Å². The number of aromatic nitrogens is 2. The van der Waals surface area contributed by atoms with Gasteiger partial charge >= 0.3 is 0 Å². The second-order valence-corrected chi connectivity index (χ2v) is 7.04. The van der Waals surface area contributed by atoms with Crippen LogP contribution in [0.2, 0.25) is 0 Å². The molecule has 0 saturated carbocycles. The van der Waals surface area contributed by atoms with Crippen molar-refractivity contribution in [3.05, 3.63) is 121 Å². The fourth-order valence-corrected chi connectivity index (χ4v) is 3.49. The van der Waals surface area contributed by atoms with Gasteiger partial charge in [0.15, 0.2) is 0 Å². The summed E-state index contributed by atoms with van der Waals surface area (Å²) in [5.74, 6) is -0.306. The number of rotatable bonds is 2. The van der Waals surface area contributed by atoms with E-state index in [4.69, 9.17) is 4.42 Å². The number of fused-ring (bicyclic) bond motifs is 3. The van der Waals surface area contributed by atoms with Crippen molar-refractivity contribution in [1.82, 2.24) is 9.97 Å².